The van der Waals surface area contributed by atoms with Crippen molar-refractivity contribution in [1.82, 2.24) is 5.32 Å². The molecule has 1 amide bonds. The van der Waals surface area contributed by atoms with E-state index in [1.54, 1.807) is 0 Å². The van der Waals surface area contributed by atoms with E-state index in [1.807, 2.05) is 31.2 Å². The van der Waals surface area contributed by atoms with Crippen LogP contribution in [0.5, 0.6) is 5.75 Å². The molecule has 0 fully saturated rings. The summed E-state index contributed by atoms with van der Waals surface area (Å²) in [5.74, 6) is 0.870. The van der Waals surface area contributed by atoms with Crippen LogP contribution in [0, 0.1) is 0 Å². The Bertz CT molecular complexity index is 875. The van der Waals surface area contributed by atoms with Crippen LogP contribution in [-0.2, 0) is 17.6 Å². The minimum Gasteiger partial charge on any atom is -0.494 e. The topological polar surface area (TPSA) is 38.3 Å². The zero-order valence-electron chi connectivity index (χ0n) is 14.3. The van der Waals surface area contributed by atoms with Crippen LogP contribution in [0.4, 0.5) is 0 Å². The van der Waals surface area contributed by atoms with E-state index in [0.717, 1.165) is 29.9 Å². The van der Waals surface area contributed by atoms with Crippen LogP contribution < -0.4 is 10.1 Å². The fourth-order valence-corrected chi connectivity index (χ4v) is 3.60. The van der Waals surface area contributed by atoms with Crippen LogP contribution in [0.15, 0.2) is 65.9 Å². The van der Waals surface area contributed by atoms with Crippen molar-refractivity contribution in [3.05, 3.63) is 82.6 Å². The Balaban J connectivity index is 1.38. The SMILES string of the molecule is CCOc1ccc(CC(=O)NC2=CC3=C(C2)Cc2ccccc23)cc1. The number of amides is 1. The smallest absolute Gasteiger partial charge is 0.228 e. The Labute approximate surface area is 148 Å². The molecule has 0 spiro atoms. The number of hydrogen-bond donors (Lipinski definition) is 1. The Kier molecular flexibility index (Phi) is 4.14. The highest BCUT2D eigenvalue weighted by Crippen LogP contribution is 2.40. The average Bonchev–Trinajstić information content (AvgIpc) is 3.14. The monoisotopic (exact) mass is 331 g/mol. The van der Waals surface area contributed by atoms with Gasteiger partial charge in [0.25, 0.3) is 0 Å². The number of nitrogens with one attached hydrogen (secondary N) is 1. The van der Waals surface area contributed by atoms with E-state index in [4.69, 9.17) is 4.74 Å². The lowest BCUT2D eigenvalue weighted by Crippen LogP contribution is -2.24. The van der Waals surface area contributed by atoms with Crippen molar-refractivity contribution < 1.29 is 9.53 Å². The van der Waals surface area contributed by atoms with Gasteiger partial charge in [0.05, 0.1) is 13.0 Å². The molecule has 126 valence electrons. The minimum absolute atomic E-state index is 0.0323. The van der Waals surface area contributed by atoms with Crippen molar-refractivity contribution in [2.45, 2.75) is 26.2 Å². The first-order valence-corrected chi connectivity index (χ1v) is 8.75. The van der Waals surface area contributed by atoms with Gasteiger partial charge >= 0.3 is 0 Å². The summed E-state index contributed by atoms with van der Waals surface area (Å²) >= 11 is 0. The highest BCUT2D eigenvalue weighted by atomic mass is 16.5. The summed E-state index contributed by atoms with van der Waals surface area (Å²) in [5.41, 5.74) is 7.42. The van der Waals surface area contributed by atoms with Gasteiger partial charge in [-0.2, -0.15) is 0 Å². The van der Waals surface area contributed by atoms with E-state index in [9.17, 15) is 4.79 Å². The van der Waals surface area contributed by atoms with Gasteiger partial charge in [0, 0.05) is 12.1 Å². The largest absolute Gasteiger partial charge is 0.494 e. The van der Waals surface area contributed by atoms with Crippen LogP contribution in [0.3, 0.4) is 0 Å². The summed E-state index contributed by atoms with van der Waals surface area (Å²) in [6.07, 6.45) is 4.36. The number of rotatable bonds is 5. The molecule has 0 saturated heterocycles. The van der Waals surface area contributed by atoms with E-state index in [0.29, 0.717) is 13.0 Å². The molecule has 2 aliphatic carbocycles. The van der Waals surface area contributed by atoms with Gasteiger partial charge in [-0.3, -0.25) is 4.79 Å². The van der Waals surface area contributed by atoms with Crippen LogP contribution in [0.1, 0.15) is 30.0 Å². The predicted molar refractivity (Wildman–Crippen MR) is 99.2 cm³/mol. The molecular weight excluding hydrogens is 310 g/mol. The van der Waals surface area contributed by atoms with Gasteiger partial charge < -0.3 is 10.1 Å². The predicted octanol–water partition coefficient (Wildman–Crippen LogP) is 4.04. The molecule has 2 aromatic carbocycles. The summed E-state index contributed by atoms with van der Waals surface area (Å²) in [6.45, 7) is 2.61. The van der Waals surface area contributed by atoms with Gasteiger partial charge in [0.15, 0.2) is 0 Å². The Morgan fingerprint density at radius 1 is 1.08 bits per heavy atom. The zero-order chi connectivity index (χ0) is 17.2. The Morgan fingerprint density at radius 2 is 1.88 bits per heavy atom. The van der Waals surface area contributed by atoms with Gasteiger partial charge in [-0.15, -0.1) is 0 Å². The maximum absolute atomic E-state index is 12.3. The van der Waals surface area contributed by atoms with Crippen molar-refractivity contribution in [1.29, 1.82) is 0 Å². The minimum atomic E-state index is 0.0323. The van der Waals surface area contributed by atoms with Gasteiger partial charge in [-0.25, -0.2) is 0 Å². The number of hydrogen-bond acceptors (Lipinski definition) is 2. The zero-order valence-corrected chi connectivity index (χ0v) is 14.3. The third kappa shape index (κ3) is 3.22. The lowest BCUT2D eigenvalue weighted by molar-refractivity contribution is -0.119. The number of carbonyl (C=O) groups is 1. The number of fused-ring (bicyclic) bond motifs is 2. The first-order valence-electron chi connectivity index (χ1n) is 8.75. The molecule has 0 bridgehead atoms. The molecule has 0 aliphatic heterocycles. The molecule has 2 aliphatic rings. The molecule has 2 aromatic rings. The molecule has 0 atom stereocenters. The highest BCUT2D eigenvalue weighted by Gasteiger charge is 2.25. The third-order valence-electron chi connectivity index (χ3n) is 4.71. The van der Waals surface area contributed by atoms with Crippen LogP contribution in [0.25, 0.3) is 5.57 Å². The summed E-state index contributed by atoms with van der Waals surface area (Å²) in [6, 6.07) is 16.2. The quantitative estimate of drug-likeness (QED) is 0.898. The van der Waals surface area contributed by atoms with Crippen molar-refractivity contribution >= 4 is 11.5 Å². The summed E-state index contributed by atoms with van der Waals surface area (Å²) in [4.78, 5) is 12.3. The highest BCUT2D eigenvalue weighted by molar-refractivity contribution is 5.88. The lowest BCUT2D eigenvalue weighted by Gasteiger charge is -2.09. The lowest BCUT2D eigenvalue weighted by atomic mass is 10.1. The van der Waals surface area contributed by atoms with Crippen LogP contribution in [-0.4, -0.2) is 12.5 Å². The van der Waals surface area contributed by atoms with Gasteiger partial charge in [0.2, 0.25) is 5.91 Å². The second kappa shape index (κ2) is 6.60. The fraction of sp³-hybridized carbons (Fsp3) is 0.227. The van der Waals surface area contributed by atoms with Crippen molar-refractivity contribution in [2.24, 2.45) is 0 Å². The third-order valence-corrected chi connectivity index (χ3v) is 4.71. The number of ether oxygens (including phenoxy) is 1. The maximum Gasteiger partial charge on any atom is 0.228 e. The molecule has 1 N–H and O–H groups in total. The van der Waals surface area contributed by atoms with E-state index in [1.165, 1.54) is 22.3 Å². The normalized spacial score (nSPS) is 14.8. The molecule has 0 saturated carbocycles. The molecule has 0 heterocycles. The molecule has 4 rings (SSSR count). The molecule has 3 heteroatoms. The molecule has 0 aromatic heterocycles. The van der Waals surface area contributed by atoms with Gasteiger partial charge in [0.1, 0.15) is 5.75 Å². The molecule has 0 unspecified atom stereocenters. The van der Waals surface area contributed by atoms with E-state index in [2.05, 4.69) is 35.7 Å². The fourth-order valence-electron chi connectivity index (χ4n) is 3.60. The van der Waals surface area contributed by atoms with Crippen molar-refractivity contribution in [3.8, 4) is 5.75 Å². The molecule has 3 nitrogen and oxygen atoms in total. The van der Waals surface area contributed by atoms with E-state index >= 15 is 0 Å². The molecule has 25 heavy (non-hydrogen) atoms. The first kappa shape index (κ1) is 15.7. The first-order chi connectivity index (χ1) is 12.2. The summed E-state index contributed by atoms with van der Waals surface area (Å²) in [5, 5.41) is 3.08. The molecule has 0 radical (unpaired) electrons. The van der Waals surface area contributed by atoms with Crippen LogP contribution in [0.2, 0.25) is 0 Å². The van der Waals surface area contributed by atoms with Gasteiger partial charge in [-0.05, 0) is 53.8 Å². The summed E-state index contributed by atoms with van der Waals surface area (Å²) in [7, 11) is 0. The second-order valence-corrected chi connectivity index (χ2v) is 6.50. The second-order valence-electron chi connectivity index (χ2n) is 6.50. The number of allylic oxidation sites excluding steroid dienone is 3. The maximum atomic E-state index is 12.3. The van der Waals surface area contributed by atoms with Gasteiger partial charge in [-0.1, -0.05) is 42.0 Å². The van der Waals surface area contributed by atoms with E-state index < -0.39 is 0 Å². The van der Waals surface area contributed by atoms with Crippen molar-refractivity contribution in [3.63, 3.8) is 0 Å². The number of carbonyl (C=O) groups excluding carboxylic acids is 1. The van der Waals surface area contributed by atoms with E-state index in [-0.39, 0.29) is 5.91 Å². The van der Waals surface area contributed by atoms with Crippen molar-refractivity contribution in [2.75, 3.05) is 6.61 Å². The number of benzene rings is 2. The van der Waals surface area contributed by atoms with Crippen LogP contribution >= 0.6 is 0 Å². The summed E-state index contributed by atoms with van der Waals surface area (Å²) < 4.78 is 5.43. The average molecular weight is 331 g/mol. The Morgan fingerprint density at radius 3 is 2.68 bits per heavy atom. The standard InChI is InChI=1S/C22H21NO2/c1-2-25-19-9-7-15(8-10-19)11-22(24)23-18-13-17-12-16-5-3-4-6-20(16)21(17)14-18/h3-10,14H,2,11-13H2,1H3,(H,23,24). The molecular formula is C22H21NO2. The Hall–Kier alpha value is -2.81.